The lowest BCUT2D eigenvalue weighted by molar-refractivity contribution is -0.384. The Kier molecular flexibility index (Phi) is 3.51. The van der Waals surface area contributed by atoms with Gasteiger partial charge >= 0.3 is 5.97 Å². The van der Waals surface area contributed by atoms with E-state index in [0.29, 0.717) is 11.3 Å². The highest BCUT2D eigenvalue weighted by atomic mass is 16.6. The summed E-state index contributed by atoms with van der Waals surface area (Å²) in [4.78, 5) is 20.6. The maximum atomic E-state index is 10.7. The first kappa shape index (κ1) is 12.7. The normalized spacial score (nSPS) is 10.3. The van der Waals surface area contributed by atoms with Gasteiger partial charge in [0.1, 0.15) is 5.69 Å². The van der Waals surface area contributed by atoms with Crippen molar-refractivity contribution in [3.63, 3.8) is 0 Å². The molecule has 0 fully saturated rings. The average molecular weight is 262 g/mol. The van der Waals surface area contributed by atoms with Crippen LogP contribution in [0.15, 0.2) is 30.5 Å². The molecule has 98 valence electrons. The summed E-state index contributed by atoms with van der Waals surface area (Å²) in [7, 11) is 0. The number of aromatic nitrogens is 3. The molecule has 19 heavy (non-hydrogen) atoms. The van der Waals surface area contributed by atoms with Crippen molar-refractivity contribution in [3.8, 4) is 11.3 Å². The summed E-state index contributed by atoms with van der Waals surface area (Å²) in [5, 5.41) is 26.9. The summed E-state index contributed by atoms with van der Waals surface area (Å²) in [6, 6.07) is 6.02. The predicted molar refractivity (Wildman–Crippen MR) is 64.4 cm³/mol. The van der Waals surface area contributed by atoms with Gasteiger partial charge in [-0.2, -0.15) is 0 Å². The second-order valence-corrected chi connectivity index (χ2v) is 3.82. The van der Waals surface area contributed by atoms with Crippen molar-refractivity contribution < 1.29 is 14.8 Å². The van der Waals surface area contributed by atoms with Crippen LogP contribution in [0.2, 0.25) is 0 Å². The number of carboxylic acid groups (broad SMARTS) is 1. The number of benzene rings is 1. The number of aryl methyl sites for hydroxylation is 1. The number of nitro groups is 1. The molecule has 0 amide bonds. The zero-order valence-corrected chi connectivity index (χ0v) is 9.76. The fourth-order valence-electron chi connectivity index (χ4n) is 1.53. The van der Waals surface area contributed by atoms with Crippen LogP contribution in [0.1, 0.15) is 6.42 Å². The molecular formula is C11H10N4O4. The second kappa shape index (κ2) is 5.25. The first-order valence-corrected chi connectivity index (χ1v) is 5.43. The first-order chi connectivity index (χ1) is 9.06. The Balaban J connectivity index is 2.20. The van der Waals surface area contributed by atoms with Gasteiger partial charge in [-0.3, -0.25) is 19.6 Å². The van der Waals surface area contributed by atoms with Crippen LogP contribution < -0.4 is 0 Å². The summed E-state index contributed by atoms with van der Waals surface area (Å²) in [5.41, 5.74) is 1.00. The van der Waals surface area contributed by atoms with Crippen molar-refractivity contribution in [1.82, 2.24) is 15.0 Å². The molecule has 1 heterocycles. The summed E-state index contributed by atoms with van der Waals surface area (Å²) in [6.45, 7) is 0.206. The van der Waals surface area contributed by atoms with Crippen LogP contribution in [0, 0.1) is 10.1 Å². The maximum absolute atomic E-state index is 10.7. The Morgan fingerprint density at radius 2 is 2.26 bits per heavy atom. The first-order valence-electron chi connectivity index (χ1n) is 5.43. The highest BCUT2D eigenvalue weighted by Crippen LogP contribution is 2.21. The smallest absolute Gasteiger partial charge is 0.305 e. The number of aliphatic carboxylic acids is 1. The molecule has 0 aliphatic carbocycles. The molecule has 0 spiro atoms. The third-order valence-electron chi connectivity index (χ3n) is 2.45. The van der Waals surface area contributed by atoms with E-state index in [1.165, 1.54) is 16.8 Å². The van der Waals surface area contributed by atoms with Crippen LogP contribution in [0.25, 0.3) is 11.3 Å². The molecule has 1 aromatic carbocycles. The standard InChI is InChI=1S/C11H10N4O4/c16-11(17)4-5-14-7-10(12-13-14)8-2-1-3-9(6-8)15(18)19/h1-3,6-7H,4-5H2,(H,16,17). The number of hydrogen-bond donors (Lipinski definition) is 1. The lowest BCUT2D eigenvalue weighted by Gasteiger charge is -1.96. The van der Waals surface area contributed by atoms with Gasteiger partial charge in [0.2, 0.25) is 0 Å². The fraction of sp³-hybridized carbons (Fsp3) is 0.182. The Morgan fingerprint density at radius 3 is 2.95 bits per heavy atom. The predicted octanol–water partition coefficient (Wildman–Crippen LogP) is 1.33. The molecule has 0 saturated carbocycles. The molecule has 0 aliphatic rings. The molecule has 1 N–H and O–H groups in total. The van der Waals surface area contributed by atoms with Gasteiger partial charge in [-0.25, -0.2) is 0 Å². The lowest BCUT2D eigenvalue weighted by Crippen LogP contribution is -2.04. The van der Waals surface area contributed by atoms with Crippen molar-refractivity contribution in [2.75, 3.05) is 0 Å². The van der Waals surface area contributed by atoms with Crippen LogP contribution in [-0.4, -0.2) is 31.0 Å². The number of carboxylic acids is 1. The van der Waals surface area contributed by atoms with Gasteiger partial charge in [0.25, 0.3) is 5.69 Å². The molecule has 2 rings (SSSR count). The summed E-state index contributed by atoms with van der Waals surface area (Å²) >= 11 is 0. The third-order valence-corrected chi connectivity index (χ3v) is 2.45. The Hall–Kier alpha value is -2.77. The summed E-state index contributed by atoms with van der Waals surface area (Å²) < 4.78 is 1.39. The second-order valence-electron chi connectivity index (χ2n) is 3.82. The van der Waals surface area contributed by atoms with Crippen molar-refractivity contribution in [2.24, 2.45) is 0 Å². The minimum Gasteiger partial charge on any atom is -0.481 e. The molecule has 8 heteroatoms. The summed E-state index contributed by atoms with van der Waals surface area (Å²) in [6.07, 6.45) is 1.50. The van der Waals surface area contributed by atoms with Gasteiger partial charge in [0, 0.05) is 17.7 Å². The minimum absolute atomic E-state index is 0.0300. The largest absolute Gasteiger partial charge is 0.481 e. The Labute approximate surface area is 107 Å². The molecule has 8 nitrogen and oxygen atoms in total. The molecule has 2 aromatic rings. The third kappa shape index (κ3) is 3.12. The van der Waals surface area contributed by atoms with Gasteiger partial charge in [0.05, 0.1) is 24.1 Å². The zero-order chi connectivity index (χ0) is 13.8. The minimum atomic E-state index is -0.924. The fourth-order valence-corrected chi connectivity index (χ4v) is 1.53. The Bertz CT molecular complexity index is 623. The molecule has 0 bridgehead atoms. The molecule has 1 aromatic heterocycles. The topological polar surface area (TPSA) is 111 Å². The maximum Gasteiger partial charge on any atom is 0.305 e. The number of carbonyl (C=O) groups is 1. The number of rotatable bonds is 5. The van der Waals surface area contributed by atoms with E-state index in [-0.39, 0.29) is 18.7 Å². The highest BCUT2D eigenvalue weighted by Gasteiger charge is 2.10. The van der Waals surface area contributed by atoms with E-state index in [4.69, 9.17) is 5.11 Å². The van der Waals surface area contributed by atoms with Gasteiger partial charge in [-0.15, -0.1) is 5.10 Å². The van der Waals surface area contributed by atoms with Crippen LogP contribution >= 0.6 is 0 Å². The number of nitrogens with zero attached hydrogens (tertiary/aromatic N) is 4. The van der Waals surface area contributed by atoms with Crippen molar-refractivity contribution in [1.29, 1.82) is 0 Å². The van der Waals surface area contributed by atoms with Crippen molar-refractivity contribution in [3.05, 3.63) is 40.6 Å². The Morgan fingerprint density at radius 1 is 1.47 bits per heavy atom. The quantitative estimate of drug-likeness (QED) is 0.642. The number of nitro benzene ring substituents is 1. The highest BCUT2D eigenvalue weighted by molar-refractivity contribution is 5.66. The molecule has 0 atom stereocenters. The van der Waals surface area contributed by atoms with Gasteiger partial charge in [-0.05, 0) is 0 Å². The molecule has 0 aliphatic heterocycles. The van der Waals surface area contributed by atoms with Gasteiger partial charge in [0.15, 0.2) is 0 Å². The molecule has 0 saturated heterocycles. The monoisotopic (exact) mass is 262 g/mol. The van der Waals surface area contributed by atoms with E-state index in [1.54, 1.807) is 18.3 Å². The number of non-ortho nitro benzene ring substituents is 1. The van der Waals surface area contributed by atoms with E-state index < -0.39 is 10.9 Å². The van der Waals surface area contributed by atoms with Crippen molar-refractivity contribution >= 4 is 11.7 Å². The van der Waals surface area contributed by atoms with E-state index in [2.05, 4.69) is 10.3 Å². The molecule has 0 unspecified atom stereocenters. The van der Waals surface area contributed by atoms with E-state index in [0.717, 1.165) is 0 Å². The summed E-state index contributed by atoms with van der Waals surface area (Å²) in [5.74, 6) is -0.924. The van der Waals surface area contributed by atoms with Gasteiger partial charge < -0.3 is 5.11 Å². The SMILES string of the molecule is O=C(O)CCn1cc(-c2cccc([N+](=O)[O-])c2)nn1. The van der Waals surface area contributed by atoms with Crippen LogP contribution in [0.3, 0.4) is 0 Å². The van der Waals surface area contributed by atoms with Gasteiger partial charge in [-0.1, -0.05) is 17.3 Å². The van der Waals surface area contributed by atoms with Crippen LogP contribution in [0.5, 0.6) is 0 Å². The van der Waals surface area contributed by atoms with Crippen LogP contribution in [-0.2, 0) is 11.3 Å². The molecular weight excluding hydrogens is 252 g/mol. The van der Waals surface area contributed by atoms with E-state index in [1.807, 2.05) is 0 Å². The van der Waals surface area contributed by atoms with E-state index in [9.17, 15) is 14.9 Å². The lowest BCUT2D eigenvalue weighted by atomic mass is 10.1. The van der Waals surface area contributed by atoms with Crippen LogP contribution in [0.4, 0.5) is 5.69 Å². The van der Waals surface area contributed by atoms with Crippen molar-refractivity contribution in [2.45, 2.75) is 13.0 Å². The number of hydrogen-bond acceptors (Lipinski definition) is 5. The molecule has 0 radical (unpaired) electrons. The average Bonchev–Trinajstić information content (AvgIpc) is 2.85. The van der Waals surface area contributed by atoms with E-state index >= 15 is 0 Å². The zero-order valence-electron chi connectivity index (χ0n) is 9.76.